The Morgan fingerprint density at radius 1 is 1.31 bits per heavy atom. The van der Waals surface area contributed by atoms with E-state index in [4.69, 9.17) is 0 Å². The Hall–Kier alpha value is -0.0800. The highest BCUT2D eigenvalue weighted by Gasteiger charge is 2.21. The molecule has 0 aromatic heterocycles. The van der Waals surface area contributed by atoms with Gasteiger partial charge < -0.3 is 10.2 Å². The highest BCUT2D eigenvalue weighted by molar-refractivity contribution is 4.76. The second-order valence-corrected chi connectivity index (χ2v) is 4.84. The third-order valence-electron chi connectivity index (χ3n) is 3.24. The van der Waals surface area contributed by atoms with E-state index in [0.29, 0.717) is 0 Å². The SMILES string of the molecule is CC1CCN(CCNCC2CC2)C1. The summed E-state index contributed by atoms with van der Waals surface area (Å²) in [5.41, 5.74) is 0. The van der Waals surface area contributed by atoms with Crippen LogP contribution in [0.1, 0.15) is 26.2 Å². The largest absolute Gasteiger partial charge is 0.315 e. The van der Waals surface area contributed by atoms with E-state index in [0.717, 1.165) is 11.8 Å². The fraction of sp³-hybridized carbons (Fsp3) is 1.00. The molecular weight excluding hydrogens is 160 g/mol. The van der Waals surface area contributed by atoms with Crippen LogP contribution in [-0.2, 0) is 0 Å². The molecule has 1 heterocycles. The highest BCUT2D eigenvalue weighted by Crippen LogP contribution is 2.27. The van der Waals surface area contributed by atoms with Gasteiger partial charge in [0.1, 0.15) is 0 Å². The number of hydrogen-bond acceptors (Lipinski definition) is 2. The highest BCUT2D eigenvalue weighted by atomic mass is 15.2. The van der Waals surface area contributed by atoms with E-state index < -0.39 is 0 Å². The van der Waals surface area contributed by atoms with Crippen molar-refractivity contribution in [3.8, 4) is 0 Å². The van der Waals surface area contributed by atoms with Crippen molar-refractivity contribution in [1.29, 1.82) is 0 Å². The van der Waals surface area contributed by atoms with E-state index in [-0.39, 0.29) is 0 Å². The van der Waals surface area contributed by atoms with Crippen LogP contribution in [0.4, 0.5) is 0 Å². The van der Waals surface area contributed by atoms with Gasteiger partial charge in [0.05, 0.1) is 0 Å². The summed E-state index contributed by atoms with van der Waals surface area (Å²) in [6, 6.07) is 0. The van der Waals surface area contributed by atoms with Crippen molar-refractivity contribution in [3.63, 3.8) is 0 Å². The Morgan fingerprint density at radius 3 is 2.77 bits per heavy atom. The van der Waals surface area contributed by atoms with E-state index in [1.807, 2.05) is 0 Å². The zero-order valence-electron chi connectivity index (χ0n) is 8.76. The molecule has 76 valence electrons. The Kier molecular flexibility index (Phi) is 3.23. The molecule has 2 nitrogen and oxygen atoms in total. The first-order chi connectivity index (χ1) is 6.34. The van der Waals surface area contributed by atoms with Crippen LogP contribution in [0.5, 0.6) is 0 Å². The van der Waals surface area contributed by atoms with Crippen LogP contribution in [0.25, 0.3) is 0 Å². The normalized spacial score (nSPS) is 29.8. The molecule has 0 spiro atoms. The first kappa shape index (κ1) is 9.47. The molecule has 0 amide bonds. The fourth-order valence-corrected chi connectivity index (χ4v) is 2.09. The second-order valence-electron chi connectivity index (χ2n) is 4.84. The molecule has 0 radical (unpaired) electrons. The van der Waals surface area contributed by atoms with Gasteiger partial charge in [-0.15, -0.1) is 0 Å². The Morgan fingerprint density at radius 2 is 2.15 bits per heavy atom. The predicted octanol–water partition coefficient (Wildman–Crippen LogP) is 1.33. The molecule has 0 bridgehead atoms. The van der Waals surface area contributed by atoms with Crippen LogP contribution in [0.3, 0.4) is 0 Å². The average molecular weight is 182 g/mol. The molecule has 2 rings (SSSR count). The number of rotatable bonds is 5. The quantitative estimate of drug-likeness (QED) is 0.645. The second kappa shape index (κ2) is 4.43. The van der Waals surface area contributed by atoms with Crippen molar-refractivity contribution in [2.45, 2.75) is 26.2 Å². The molecule has 1 N–H and O–H groups in total. The molecular formula is C11H22N2. The van der Waals surface area contributed by atoms with E-state index in [2.05, 4.69) is 17.1 Å². The molecule has 1 unspecified atom stereocenters. The molecule has 1 aliphatic heterocycles. The summed E-state index contributed by atoms with van der Waals surface area (Å²) in [4.78, 5) is 2.59. The van der Waals surface area contributed by atoms with E-state index in [9.17, 15) is 0 Å². The Labute approximate surface area is 81.7 Å². The molecule has 0 aromatic rings. The third-order valence-corrected chi connectivity index (χ3v) is 3.24. The van der Waals surface area contributed by atoms with Gasteiger partial charge in [0.25, 0.3) is 0 Å². The van der Waals surface area contributed by atoms with Gasteiger partial charge in [0.15, 0.2) is 0 Å². The first-order valence-electron chi connectivity index (χ1n) is 5.77. The summed E-state index contributed by atoms with van der Waals surface area (Å²) < 4.78 is 0. The summed E-state index contributed by atoms with van der Waals surface area (Å²) in [7, 11) is 0. The minimum absolute atomic E-state index is 0.934. The van der Waals surface area contributed by atoms with Gasteiger partial charge in [-0.05, 0) is 44.2 Å². The van der Waals surface area contributed by atoms with E-state index in [1.54, 1.807) is 0 Å². The molecule has 1 saturated carbocycles. The number of hydrogen-bond donors (Lipinski definition) is 1. The lowest BCUT2D eigenvalue weighted by molar-refractivity contribution is 0.325. The lowest BCUT2D eigenvalue weighted by Crippen LogP contribution is -2.31. The van der Waals surface area contributed by atoms with Crippen molar-refractivity contribution in [1.82, 2.24) is 10.2 Å². The van der Waals surface area contributed by atoms with Crippen LogP contribution >= 0.6 is 0 Å². The Balaban J connectivity index is 1.47. The van der Waals surface area contributed by atoms with Gasteiger partial charge in [-0.3, -0.25) is 0 Å². The van der Waals surface area contributed by atoms with E-state index in [1.165, 1.54) is 52.0 Å². The maximum absolute atomic E-state index is 3.55. The van der Waals surface area contributed by atoms with Gasteiger partial charge in [-0.1, -0.05) is 6.92 Å². The first-order valence-corrected chi connectivity index (χ1v) is 5.77. The molecule has 2 aliphatic rings. The molecule has 2 fully saturated rings. The average Bonchev–Trinajstić information content (AvgIpc) is 2.84. The third kappa shape index (κ3) is 3.28. The van der Waals surface area contributed by atoms with Gasteiger partial charge in [0, 0.05) is 19.6 Å². The van der Waals surface area contributed by atoms with Gasteiger partial charge >= 0.3 is 0 Å². The van der Waals surface area contributed by atoms with Crippen molar-refractivity contribution in [3.05, 3.63) is 0 Å². The summed E-state index contributed by atoms with van der Waals surface area (Å²) in [6.07, 6.45) is 4.34. The van der Waals surface area contributed by atoms with Crippen LogP contribution in [0.15, 0.2) is 0 Å². The minimum Gasteiger partial charge on any atom is -0.315 e. The maximum atomic E-state index is 3.55. The number of nitrogens with one attached hydrogen (secondary N) is 1. The van der Waals surface area contributed by atoms with Gasteiger partial charge in [-0.25, -0.2) is 0 Å². The zero-order valence-corrected chi connectivity index (χ0v) is 8.76. The maximum Gasteiger partial charge on any atom is 0.0107 e. The molecule has 1 saturated heterocycles. The number of nitrogens with zero attached hydrogens (tertiary/aromatic N) is 1. The van der Waals surface area contributed by atoms with Crippen molar-refractivity contribution < 1.29 is 0 Å². The van der Waals surface area contributed by atoms with Crippen LogP contribution in [-0.4, -0.2) is 37.6 Å². The predicted molar refractivity (Wildman–Crippen MR) is 55.8 cm³/mol. The van der Waals surface area contributed by atoms with Crippen LogP contribution in [0, 0.1) is 11.8 Å². The van der Waals surface area contributed by atoms with Crippen LogP contribution < -0.4 is 5.32 Å². The van der Waals surface area contributed by atoms with Gasteiger partial charge in [0.2, 0.25) is 0 Å². The summed E-state index contributed by atoms with van der Waals surface area (Å²) in [5, 5.41) is 3.55. The molecule has 2 heteroatoms. The zero-order chi connectivity index (χ0) is 9.10. The molecule has 1 atom stereocenters. The fourth-order valence-electron chi connectivity index (χ4n) is 2.09. The smallest absolute Gasteiger partial charge is 0.0107 e. The molecule has 0 aromatic carbocycles. The minimum atomic E-state index is 0.934. The topological polar surface area (TPSA) is 15.3 Å². The van der Waals surface area contributed by atoms with Crippen molar-refractivity contribution >= 4 is 0 Å². The van der Waals surface area contributed by atoms with E-state index >= 15 is 0 Å². The molecule has 1 aliphatic carbocycles. The summed E-state index contributed by atoms with van der Waals surface area (Å²) in [5.74, 6) is 1.96. The van der Waals surface area contributed by atoms with Crippen molar-refractivity contribution in [2.24, 2.45) is 11.8 Å². The standard InChI is InChI=1S/C11H22N2/c1-10-4-6-13(9-10)7-5-12-8-11-2-3-11/h10-12H,2-9H2,1H3. The summed E-state index contributed by atoms with van der Waals surface area (Å²) in [6.45, 7) is 8.73. The van der Waals surface area contributed by atoms with Crippen LogP contribution in [0.2, 0.25) is 0 Å². The monoisotopic (exact) mass is 182 g/mol. The molecule has 13 heavy (non-hydrogen) atoms. The summed E-state index contributed by atoms with van der Waals surface area (Å²) >= 11 is 0. The lowest BCUT2D eigenvalue weighted by Gasteiger charge is -2.15. The lowest BCUT2D eigenvalue weighted by atomic mass is 10.2. The Bertz CT molecular complexity index is 154. The van der Waals surface area contributed by atoms with Gasteiger partial charge in [-0.2, -0.15) is 0 Å². The number of likely N-dealkylation sites (tertiary alicyclic amines) is 1. The van der Waals surface area contributed by atoms with Crippen molar-refractivity contribution in [2.75, 3.05) is 32.7 Å².